The Balaban J connectivity index is 3.38. The number of carbonyl (C=O) groups excluding carboxylic acids is 1. The molecule has 0 aliphatic heterocycles. The molecule has 0 saturated heterocycles. The fourth-order valence-corrected chi connectivity index (χ4v) is 1.36. The van der Waals surface area contributed by atoms with E-state index in [4.69, 9.17) is 0 Å². The summed E-state index contributed by atoms with van der Waals surface area (Å²) in [5.41, 5.74) is -1.34. The lowest BCUT2D eigenvalue weighted by Gasteiger charge is -2.08. The third-order valence-electron chi connectivity index (χ3n) is 1.53. The zero-order chi connectivity index (χ0) is 11.8. The predicted octanol–water partition coefficient (Wildman–Crippen LogP) is 3.47. The Kier molecular flexibility index (Phi) is 3.13. The van der Waals surface area contributed by atoms with Gasteiger partial charge in [0, 0.05) is 4.47 Å². The second-order valence-electron chi connectivity index (χ2n) is 2.55. The van der Waals surface area contributed by atoms with Crippen LogP contribution in [0.3, 0.4) is 0 Å². The van der Waals surface area contributed by atoms with E-state index < -0.39 is 33.6 Å². The molecule has 0 aliphatic rings. The second kappa shape index (κ2) is 3.88. The molecule has 0 bridgehead atoms. The summed E-state index contributed by atoms with van der Waals surface area (Å²) in [6.45, 7) is 0. The molecule has 0 spiro atoms. The van der Waals surface area contributed by atoms with Gasteiger partial charge in [0.2, 0.25) is 0 Å². The molecule has 0 unspecified atom stereocenters. The van der Waals surface area contributed by atoms with Crippen LogP contribution in [0.25, 0.3) is 0 Å². The van der Waals surface area contributed by atoms with Gasteiger partial charge in [-0.3, -0.25) is 4.79 Å². The van der Waals surface area contributed by atoms with E-state index in [0.717, 1.165) is 6.07 Å². The van der Waals surface area contributed by atoms with E-state index in [-0.39, 0.29) is 0 Å². The van der Waals surface area contributed by atoms with Crippen molar-refractivity contribution in [2.45, 2.75) is 6.18 Å². The smallest absolute Gasteiger partial charge is 0.284 e. The van der Waals surface area contributed by atoms with Crippen molar-refractivity contribution in [2.24, 2.45) is 0 Å². The van der Waals surface area contributed by atoms with Crippen molar-refractivity contribution in [1.29, 1.82) is 0 Å². The first-order valence-electron chi connectivity index (χ1n) is 3.50. The molecule has 0 N–H and O–H groups in total. The van der Waals surface area contributed by atoms with Gasteiger partial charge in [-0.1, -0.05) is 0 Å². The van der Waals surface area contributed by atoms with E-state index >= 15 is 0 Å². The van der Waals surface area contributed by atoms with Gasteiger partial charge >= 0.3 is 6.18 Å². The maximum atomic E-state index is 12.9. The second-order valence-corrected chi connectivity index (χ2v) is 3.40. The summed E-state index contributed by atoms with van der Waals surface area (Å²) in [5.74, 6) is -5.75. The van der Waals surface area contributed by atoms with E-state index in [1.165, 1.54) is 0 Å². The standard InChI is InChI=1S/C8H2BrF5O/c9-3-1-2-4(10)6(11)5(3)7(15)8(12,13)14/h1-2H. The molecular formula is C8H2BrF5O. The highest BCUT2D eigenvalue weighted by Crippen LogP contribution is 2.29. The lowest BCUT2D eigenvalue weighted by molar-refractivity contribution is -0.0888. The number of ketones is 1. The summed E-state index contributed by atoms with van der Waals surface area (Å²) in [5, 5.41) is 0. The lowest BCUT2D eigenvalue weighted by atomic mass is 10.1. The number of carbonyl (C=O) groups is 1. The highest BCUT2D eigenvalue weighted by atomic mass is 79.9. The molecular weight excluding hydrogens is 287 g/mol. The van der Waals surface area contributed by atoms with Gasteiger partial charge in [0.05, 0.1) is 5.56 Å². The maximum absolute atomic E-state index is 12.9. The molecule has 0 fully saturated rings. The summed E-state index contributed by atoms with van der Waals surface area (Å²) >= 11 is 2.55. The van der Waals surface area contributed by atoms with Gasteiger partial charge in [-0.25, -0.2) is 8.78 Å². The van der Waals surface area contributed by atoms with Crippen LogP contribution in [0.2, 0.25) is 0 Å². The minimum atomic E-state index is -5.24. The van der Waals surface area contributed by atoms with Crippen LogP contribution in [0.5, 0.6) is 0 Å². The molecule has 0 saturated carbocycles. The summed E-state index contributed by atoms with van der Waals surface area (Å²) < 4.78 is 61.0. The Morgan fingerprint density at radius 3 is 2.20 bits per heavy atom. The monoisotopic (exact) mass is 288 g/mol. The van der Waals surface area contributed by atoms with Crippen molar-refractivity contribution < 1.29 is 26.7 Å². The third-order valence-corrected chi connectivity index (χ3v) is 2.19. The van der Waals surface area contributed by atoms with Crippen LogP contribution in [-0.2, 0) is 0 Å². The van der Waals surface area contributed by atoms with Crippen molar-refractivity contribution >= 4 is 21.7 Å². The molecule has 0 atom stereocenters. The third kappa shape index (κ3) is 2.34. The number of rotatable bonds is 1. The number of benzene rings is 1. The van der Waals surface area contributed by atoms with E-state index in [1.807, 2.05) is 0 Å². The first-order chi connectivity index (χ1) is 6.75. The molecule has 1 aromatic carbocycles. The van der Waals surface area contributed by atoms with Crippen LogP contribution in [0.4, 0.5) is 22.0 Å². The summed E-state index contributed by atoms with van der Waals surface area (Å²) in [6.07, 6.45) is -5.24. The van der Waals surface area contributed by atoms with E-state index in [2.05, 4.69) is 15.9 Å². The number of hydrogen-bond acceptors (Lipinski definition) is 1. The zero-order valence-electron chi connectivity index (χ0n) is 6.83. The molecule has 7 heteroatoms. The van der Waals surface area contributed by atoms with Gasteiger partial charge in [-0.05, 0) is 28.1 Å². The molecule has 82 valence electrons. The van der Waals surface area contributed by atoms with Gasteiger partial charge in [0.1, 0.15) is 0 Å². The Morgan fingerprint density at radius 2 is 1.73 bits per heavy atom. The van der Waals surface area contributed by atoms with Crippen LogP contribution in [0, 0.1) is 11.6 Å². The minimum Gasteiger partial charge on any atom is -0.284 e. The fraction of sp³-hybridized carbons (Fsp3) is 0.125. The largest absolute Gasteiger partial charge is 0.455 e. The fourth-order valence-electron chi connectivity index (χ4n) is 0.877. The molecule has 0 radical (unpaired) electrons. The van der Waals surface area contributed by atoms with Gasteiger partial charge in [0.25, 0.3) is 5.78 Å². The van der Waals surface area contributed by atoms with Crippen molar-refractivity contribution in [3.63, 3.8) is 0 Å². The Labute approximate surface area is 89.0 Å². The molecule has 0 amide bonds. The summed E-state index contributed by atoms with van der Waals surface area (Å²) in [7, 11) is 0. The van der Waals surface area contributed by atoms with Crippen molar-refractivity contribution in [1.82, 2.24) is 0 Å². The minimum absolute atomic E-state index is 0.441. The van der Waals surface area contributed by atoms with Crippen molar-refractivity contribution in [3.8, 4) is 0 Å². The number of hydrogen-bond donors (Lipinski definition) is 0. The van der Waals surface area contributed by atoms with Crippen LogP contribution in [-0.4, -0.2) is 12.0 Å². The molecule has 1 nitrogen and oxygen atoms in total. The first kappa shape index (κ1) is 12.1. The Hall–Kier alpha value is -0.980. The highest BCUT2D eigenvalue weighted by molar-refractivity contribution is 9.10. The van der Waals surface area contributed by atoms with E-state index in [9.17, 15) is 26.7 Å². The highest BCUT2D eigenvalue weighted by Gasteiger charge is 2.42. The summed E-state index contributed by atoms with van der Waals surface area (Å²) in [4.78, 5) is 10.7. The topological polar surface area (TPSA) is 17.1 Å². The van der Waals surface area contributed by atoms with Crippen LogP contribution < -0.4 is 0 Å². The Morgan fingerprint density at radius 1 is 1.20 bits per heavy atom. The quantitative estimate of drug-likeness (QED) is 0.439. The normalized spacial score (nSPS) is 11.6. The first-order valence-corrected chi connectivity index (χ1v) is 4.29. The molecule has 15 heavy (non-hydrogen) atoms. The lowest BCUT2D eigenvalue weighted by Crippen LogP contribution is -2.24. The summed E-state index contributed by atoms with van der Waals surface area (Å²) in [6, 6.07) is 1.45. The predicted molar refractivity (Wildman–Crippen MR) is 44.4 cm³/mol. The van der Waals surface area contributed by atoms with Crippen LogP contribution in [0.15, 0.2) is 16.6 Å². The van der Waals surface area contributed by atoms with Crippen LogP contribution >= 0.6 is 15.9 Å². The van der Waals surface area contributed by atoms with Crippen molar-refractivity contribution in [3.05, 3.63) is 33.8 Å². The number of Topliss-reactive ketones (excluding diaryl/α,β-unsaturated/α-hetero) is 1. The average molecular weight is 289 g/mol. The number of alkyl halides is 3. The van der Waals surface area contributed by atoms with Gasteiger partial charge in [-0.2, -0.15) is 13.2 Å². The van der Waals surface area contributed by atoms with E-state index in [1.54, 1.807) is 0 Å². The average Bonchev–Trinajstić information content (AvgIpc) is 2.10. The molecule has 1 aromatic rings. The van der Waals surface area contributed by atoms with E-state index in [0.29, 0.717) is 6.07 Å². The van der Waals surface area contributed by atoms with Gasteiger partial charge < -0.3 is 0 Å². The Bertz CT molecular complexity index is 412. The molecule has 0 aliphatic carbocycles. The van der Waals surface area contributed by atoms with Gasteiger partial charge in [0.15, 0.2) is 11.6 Å². The van der Waals surface area contributed by atoms with Crippen LogP contribution in [0.1, 0.15) is 10.4 Å². The van der Waals surface area contributed by atoms with Crippen molar-refractivity contribution in [2.75, 3.05) is 0 Å². The molecule has 0 aromatic heterocycles. The number of halogens is 6. The zero-order valence-corrected chi connectivity index (χ0v) is 8.42. The SMILES string of the molecule is O=C(c1c(Br)ccc(F)c1F)C(F)(F)F. The maximum Gasteiger partial charge on any atom is 0.455 e. The molecule has 1 rings (SSSR count). The molecule has 0 heterocycles. The van der Waals surface area contributed by atoms with Gasteiger partial charge in [-0.15, -0.1) is 0 Å².